The van der Waals surface area contributed by atoms with Crippen molar-refractivity contribution in [3.8, 4) is 5.75 Å². The van der Waals surface area contributed by atoms with Crippen LogP contribution in [0.25, 0.3) is 0 Å². The Morgan fingerprint density at radius 2 is 2.11 bits per heavy atom. The van der Waals surface area contributed by atoms with Crippen molar-refractivity contribution < 1.29 is 4.74 Å². The number of aryl methyl sites for hydroxylation is 1. The maximum absolute atomic E-state index is 5.83. The van der Waals surface area contributed by atoms with Gasteiger partial charge in [0, 0.05) is 6.42 Å². The molecule has 1 aliphatic carbocycles. The van der Waals surface area contributed by atoms with Crippen LogP contribution in [0, 0.1) is 18.8 Å². The first-order valence-corrected chi connectivity index (χ1v) is 7.46. The lowest BCUT2D eigenvalue weighted by Crippen LogP contribution is -2.07. The summed E-state index contributed by atoms with van der Waals surface area (Å²) in [5, 5.41) is 0. The Morgan fingerprint density at radius 3 is 2.78 bits per heavy atom. The number of benzene rings is 1. The maximum atomic E-state index is 5.83. The molecule has 0 aromatic heterocycles. The van der Waals surface area contributed by atoms with E-state index >= 15 is 0 Å². The van der Waals surface area contributed by atoms with Crippen LogP contribution in [0.2, 0.25) is 0 Å². The normalized spacial score (nSPS) is 23.6. The van der Waals surface area contributed by atoms with Gasteiger partial charge in [0.15, 0.2) is 0 Å². The van der Waals surface area contributed by atoms with Gasteiger partial charge in [0.05, 0.1) is 0 Å². The van der Waals surface area contributed by atoms with Crippen LogP contribution in [0.5, 0.6) is 5.75 Å². The number of fused-ring (bicyclic) bond motifs is 1. The minimum atomic E-state index is 0.361. The molecule has 2 aliphatic rings. The van der Waals surface area contributed by atoms with E-state index in [0.717, 1.165) is 24.0 Å². The number of rotatable bonds is 4. The number of hydrogen-bond donors (Lipinski definition) is 0. The summed E-state index contributed by atoms with van der Waals surface area (Å²) in [6.07, 6.45) is 6.97. The molecule has 0 spiro atoms. The van der Waals surface area contributed by atoms with Crippen LogP contribution in [0.15, 0.2) is 12.1 Å². The minimum Gasteiger partial charge on any atom is -0.490 e. The Bertz CT molecular complexity index is 445. The largest absolute Gasteiger partial charge is 0.490 e. The first-order chi connectivity index (χ1) is 8.67. The van der Waals surface area contributed by atoms with Crippen LogP contribution in [-0.2, 0) is 12.8 Å². The van der Waals surface area contributed by atoms with Gasteiger partial charge in [0.2, 0.25) is 0 Å². The summed E-state index contributed by atoms with van der Waals surface area (Å²) in [5.74, 6) is 3.04. The molecule has 3 rings (SSSR count). The van der Waals surface area contributed by atoms with Crippen LogP contribution in [0.1, 0.15) is 49.8 Å². The first kappa shape index (κ1) is 12.1. The van der Waals surface area contributed by atoms with Crippen LogP contribution in [-0.4, -0.2) is 6.10 Å². The average Bonchev–Trinajstić information content (AvgIpc) is 3.09. The molecule has 1 heterocycles. The van der Waals surface area contributed by atoms with Gasteiger partial charge >= 0.3 is 0 Å². The molecule has 98 valence electrons. The summed E-state index contributed by atoms with van der Waals surface area (Å²) in [6, 6.07) is 4.67. The van der Waals surface area contributed by atoms with E-state index in [1.54, 1.807) is 5.56 Å². The van der Waals surface area contributed by atoms with Crippen molar-refractivity contribution in [1.82, 2.24) is 0 Å². The molecule has 0 bridgehead atoms. The fourth-order valence-electron chi connectivity index (χ4n) is 3.33. The zero-order valence-electron chi connectivity index (χ0n) is 11.8. The van der Waals surface area contributed by atoms with E-state index in [-0.39, 0.29) is 0 Å². The van der Waals surface area contributed by atoms with E-state index in [4.69, 9.17) is 4.74 Å². The molecular weight excluding hydrogens is 220 g/mol. The third-order valence-corrected chi connectivity index (χ3v) is 4.65. The summed E-state index contributed by atoms with van der Waals surface area (Å²) < 4.78 is 5.83. The van der Waals surface area contributed by atoms with E-state index < -0.39 is 0 Å². The summed E-state index contributed by atoms with van der Waals surface area (Å²) in [7, 11) is 0. The van der Waals surface area contributed by atoms with E-state index in [1.807, 2.05) is 0 Å². The minimum absolute atomic E-state index is 0.361. The van der Waals surface area contributed by atoms with Gasteiger partial charge in [0.1, 0.15) is 11.9 Å². The molecule has 1 heteroatoms. The van der Waals surface area contributed by atoms with Crippen LogP contribution < -0.4 is 4.74 Å². The molecule has 0 amide bonds. The molecule has 0 saturated heterocycles. The van der Waals surface area contributed by atoms with Crippen LogP contribution in [0.3, 0.4) is 0 Å². The van der Waals surface area contributed by atoms with Crippen molar-refractivity contribution in [2.75, 3.05) is 0 Å². The van der Waals surface area contributed by atoms with Gasteiger partial charge in [-0.05, 0) is 67.7 Å². The topological polar surface area (TPSA) is 9.23 Å². The molecule has 1 aromatic carbocycles. The van der Waals surface area contributed by atoms with Gasteiger partial charge in [-0.2, -0.15) is 0 Å². The van der Waals surface area contributed by atoms with E-state index in [1.165, 1.54) is 36.8 Å². The number of hydrogen-bond acceptors (Lipinski definition) is 1. The SMILES string of the molecule is CCC(Cc1cc2c(cc1C)OC(C)C2)C1CC1. The van der Waals surface area contributed by atoms with Gasteiger partial charge < -0.3 is 4.74 Å². The lowest BCUT2D eigenvalue weighted by Gasteiger charge is -2.16. The zero-order chi connectivity index (χ0) is 12.7. The maximum Gasteiger partial charge on any atom is 0.123 e. The van der Waals surface area contributed by atoms with Crippen molar-refractivity contribution in [3.63, 3.8) is 0 Å². The standard InChI is InChI=1S/C17H24O/c1-4-13(14-5-6-14)9-15-10-16-8-12(3)18-17(16)7-11(15)2/h7,10,12-14H,4-6,8-9H2,1-3H3. The van der Waals surface area contributed by atoms with Crippen molar-refractivity contribution in [1.29, 1.82) is 0 Å². The fraction of sp³-hybridized carbons (Fsp3) is 0.647. The Hall–Kier alpha value is -0.980. The predicted molar refractivity (Wildman–Crippen MR) is 75.2 cm³/mol. The summed E-state index contributed by atoms with van der Waals surface area (Å²) >= 11 is 0. The quantitative estimate of drug-likeness (QED) is 0.767. The van der Waals surface area contributed by atoms with Crippen LogP contribution in [0.4, 0.5) is 0 Å². The Balaban J connectivity index is 1.81. The molecule has 2 unspecified atom stereocenters. The Labute approximate surface area is 111 Å². The molecular formula is C17H24O. The van der Waals surface area contributed by atoms with E-state index in [0.29, 0.717) is 6.10 Å². The number of ether oxygens (including phenoxy) is 1. The second-order valence-corrected chi connectivity index (χ2v) is 6.23. The molecule has 1 aliphatic heterocycles. The molecule has 0 radical (unpaired) electrons. The van der Waals surface area contributed by atoms with Crippen molar-refractivity contribution >= 4 is 0 Å². The lowest BCUT2D eigenvalue weighted by molar-refractivity contribution is 0.254. The third kappa shape index (κ3) is 2.28. The molecule has 1 saturated carbocycles. The zero-order valence-corrected chi connectivity index (χ0v) is 11.8. The molecule has 1 fully saturated rings. The summed E-state index contributed by atoms with van der Waals surface area (Å²) in [5.41, 5.74) is 4.40. The third-order valence-electron chi connectivity index (χ3n) is 4.65. The molecule has 2 atom stereocenters. The lowest BCUT2D eigenvalue weighted by atomic mass is 9.89. The highest BCUT2D eigenvalue weighted by Gasteiger charge is 2.30. The average molecular weight is 244 g/mol. The van der Waals surface area contributed by atoms with Gasteiger partial charge in [-0.15, -0.1) is 0 Å². The van der Waals surface area contributed by atoms with E-state index in [2.05, 4.69) is 32.9 Å². The highest BCUT2D eigenvalue weighted by atomic mass is 16.5. The van der Waals surface area contributed by atoms with Crippen molar-refractivity contribution in [3.05, 3.63) is 28.8 Å². The monoisotopic (exact) mass is 244 g/mol. The molecule has 1 aromatic rings. The second kappa shape index (κ2) is 4.60. The fourth-order valence-corrected chi connectivity index (χ4v) is 3.33. The van der Waals surface area contributed by atoms with Gasteiger partial charge in [-0.25, -0.2) is 0 Å². The highest BCUT2D eigenvalue weighted by molar-refractivity contribution is 5.45. The van der Waals surface area contributed by atoms with Gasteiger partial charge in [-0.1, -0.05) is 19.4 Å². The van der Waals surface area contributed by atoms with E-state index in [9.17, 15) is 0 Å². The molecule has 18 heavy (non-hydrogen) atoms. The van der Waals surface area contributed by atoms with Crippen molar-refractivity contribution in [2.24, 2.45) is 11.8 Å². The van der Waals surface area contributed by atoms with Gasteiger partial charge in [-0.3, -0.25) is 0 Å². The summed E-state index contributed by atoms with van der Waals surface area (Å²) in [6.45, 7) is 6.74. The van der Waals surface area contributed by atoms with Crippen molar-refractivity contribution in [2.45, 2.75) is 59.0 Å². The van der Waals surface area contributed by atoms with Crippen LogP contribution >= 0.6 is 0 Å². The molecule has 1 nitrogen and oxygen atoms in total. The van der Waals surface area contributed by atoms with Gasteiger partial charge in [0.25, 0.3) is 0 Å². The highest BCUT2D eigenvalue weighted by Crippen LogP contribution is 2.41. The first-order valence-electron chi connectivity index (χ1n) is 7.46. The molecule has 0 N–H and O–H groups in total. The smallest absolute Gasteiger partial charge is 0.123 e. The summed E-state index contributed by atoms with van der Waals surface area (Å²) in [4.78, 5) is 0. The predicted octanol–water partition coefficient (Wildman–Crippen LogP) is 4.30. The Kier molecular flexibility index (Phi) is 3.09. The Morgan fingerprint density at radius 1 is 1.33 bits per heavy atom. The second-order valence-electron chi connectivity index (χ2n) is 6.23.